The van der Waals surface area contributed by atoms with E-state index in [2.05, 4.69) is 22.6 Å². The Labute approximate surface area is 208 Å². The Hall–Kier alpha value is -1.48. The molecule has 2 atom stereocenters. The van der Waals surface area contributed by atoms with Crippen LogP contribution in [-0.4, -0.2) is 47.9 Å². The molecule has 176 valence electrons. The van der Waals surface area contributed by atoms with Gasteiger partial charge in [0.1, 0.15) is 6.04 Å². The van der Waals surface area contributed by atoms with Gasteiger partial charge in [0, 0.05) is 16.7 Å². The van der Waals surface area contributed by atoms with Crippen molar-refractivity contribution in [2.24, 2.45) is 23.2 Å². The molecular formula is C26H31IN2O4. The van der Waals surface area contributed by atoms with E-state index >= 15 is 0 Å². The minimum atomic E-state index is -0.721. The molecule has 2 heterocycles. The molecule has 4 saturated carbocycles. The van der Waals surface area contributed by atoms with Crippen LogP contribution in [0.15, 0.2) is 24.3 Å². The summed E-state index contributed by atoms with van der Waals surface area (Å²) < 4.78 is 6.94. The number of imide groups is 1. The van der Waals surface area contributed by atoms with E-state index in [1.165, 1.54) is 24.2 Å². The van der Waals surface area contributed by atoms with Crippen molar-refractivity contribution in [2.45, 2.75) is 69.9 Å². The monoisotopic (exact) mass is 562 g/mol. The fraction of sp³-hybridized carbons (Fsp3) is 0.654. The van der Waals surface area contributed by atoms with Crippen LogP contribution in [0.3, 0.4) is 0 Å². The Morgan fingerprint density at radius 1 is 1.06 bits per heavy atom. The largest absolute Gasteiger partial charge is 0.376 e. The van der Waals surface area contributed by atoms with E-state index < -0.39 is 6.04 Å². The third-order valence-corrected chi connectivity index (χ3v) is 9.48. The van der Waals surface area contributed by atoms with Gasteiger partial charge in [-0.3, -0.25) is 14.4 Å². The summed E-state index contributed by atoms with van der Waals surface area (Å²) in [4.78, 5) is 44.0. The number of anilines is 1. The molecule has 7 heteroatoms. The fourth-order valence-corrected chi connectivity index (χ4v) is 8.12. The highest BCUT2D eigenvalue weighted by Gasteiger charge is 2.57. The Morgan fingerprint density at radius 3 is 2.27 bits per heavy atom. The summed E-state index contributed by atoms with van der Waals surface area (Å²) >= 11 is 2.21. The van der Waals surface area contributed by atoms with E-state index in [9.17, 15) is 14.4 Å². The fourth-order valence-electron chi connectivity index (χ4n) is 7.76. The SMILES string of the molecule is O=C1CC(N(CC2CCCO2)C(=O)C23CC4CC(CC(C4)C2)C3)C(=O)N1c1ccc(I)cc1. The zero-order valence-electron chi connectivity index (χ0n) is 18.9. The Bertz CT molecular complexity index is 936. The van der Waals surface area contributed by atoms with Gasteiger partial charge in [0.15, 0.2) is 0 Å². The molecule has 2 saturated heterocycles. The summed E-state index contributed by atoms with van der Waals surface area (Å²) in [6.07, 6.45) is 8.56. The van der Waals surface area contributed by atoms with Crippen molar-refractivity contribution in [3.8, 4) is 0 Å². The maximum absolute atomic E-state index is 14.3. The number of hydrogen-bond acceptors (Lipinski definition) is 4. The molecule has 0 N–H and O–H groups in total. The van der Waals surface area contributed by atoms with Crippen molar-refractivity contribution in [3.63, 3.8) is 0 Å². The minimum absolute atomic E-state index is 0.0434. The van der Waals surface area contributed by atoms with Gasteiger partial charge in [0.05, 0.1) is 23.6 Å². The quantitative estimate of drug-likeness (QED) is 0.400. The second-order valence-corrected chi connectivity index (χ2v) is 12.3. The molecule has 6 aliphatic rings. The Balaban J connectivity index is 1.31. The lowest BCUT2D eigenvalue weighted by Crippen LogP contribution is -2.58. The van der Waals surface area contributed by atoms with Crippen LogP contribution in [0.2, 0.25) is 0 Å². The van der Waals surface area contributed by atoms with Gasteiger partial charge in [0.2, 0.25) is 11.8 Å². The zero-order valence-corrected chi connectivity index (χ0v) is 21.0. The van der Waals surface area contributed by atoms with Crippen LogP contribution in [0, 0.1) is 26.7 Å². The first kappa shape index (κ1) is 22.0. The van der Waals surface area contributed by atoms with Gasteiger partial charge in [0.25, 0.3) is 5.91 Å². The highest BCUT2D eigenvalue weighted by atomic mass is 127. The van der Waals surface area contributed by atoms with E-state index in [0.29, 0.717) is 36.6 Å². The molecule has 2 unspecified atom stereocenters. The molecule has 0 radical (unpaired) electrons. The summed E-state index contributed by atoms with van der Waals surface area (Å²) in [5, 5.41) is 0. The van der Waals surface area contributed by atoms with E-state index in [1.807, 2.05) is 24.3 Å². The average Bonchev–Trinajstić information content (AvgIpc) is 3.39. The predicted octanol–water partition coefficient (Wildman–Crippen LogP) is 4.15. The number of amides is 3. The summed E-state index contributed by atoms with van der Waals surface area (Å²) in [5.41, 5.74) is 0.250. The molecule has 2 aliphatic heterocycles. The molecule has 1 aromatic rings. The van der Waals surface area contributed by atoms with E-state index in [0.717, 1.165) is 35.7 Å². The third kappa shape index (κ3) is 3.83. The summed E-state index contributed by atoms with van der Waals surface area (Å²) in [5.74, 6) is 1.57. The van der Waals surface area contributed by atoms with Crippen LogP contribution in [0.5, 0.6) is 0 Å². The van der Waals surface area contributed by atoms with E-state index in [-0.39, 0.29) is 35.7 Å². The van der Waals surface area contributed by atoms with Crippen LogP contribution in [-0.2, 0) is 19.1 Å². The lowest BCUT2D eigenvalue weighted by atomic mass is 9.49. The number of rotatable bonds is 5. The number of carbonyl (C=O) groups is 3. The first-order chi connectivity index (χ1) is 15.9. The van der Waals surface area contributed by atoms with Crippen molar-refractivity contribution < 1.29 is 19.1 Å². The van der Waals surface area contributed by atoms with Crippen LogP contribution < -0.4 is 4.90 Å². The molecule has 33 heavy (non-hydrogen) atoms. The topological polar surface area (TPSA) is 66.9 Å². The molecule has 1 aromatic carbocycles. The summed E-state index contributed by atoms with van der Waals surface area (Å²) in [7, 11) is 0. The lowest BCUT2D eigenvalue weighted by molar-refractivity contribution is -0.163. The molecular weight excluding hydrogens is 531 g/mol. The first-order valence-corrected chi connectivity index (χ1v) is 13.5. The second-order valence-electron chi connectivity index (χ2n) is 11.1. The van der Waals surface area contributed by atoms with Crippen molar-refractivity contribution >= 4 is 46.0 Å². The standard InChI is InChI=1S/C26H31IN2O4/c27-19-3-5-20(6-4-19)29-23(30)11-22(24(29)31)28(15-21-2-1-7-33-21)25(32)26-12-16-8-17(13-26)10-18(9-16)14-26/h3-6,16-18,21-22H,1-2,7-15H2. The summed E-state index contributed by atoms with van der Waals surface area (Å²) in [6.45, 7) is 1.13. The number of benzene rings is 1. The summed E-state index contributed by atoms with van der Waals surface area (Å²) in [6, 6.07) is 6.70. The number of carbonyl (C=O) groups excluding carboxylic acids is 3. The van der Waals surface area contributed by atoms with E-state index in [4.69, 9.17) is 4.74 Å². The Morgan fingerprint density at radius 2 is 1.70 bits per heavy atom. The van der Waals surface area contributed by atoms with Gasteiger partial charge in [-0.2, -0.15) is 0 Å². The highest BCUT2D eigenvalue weighted by molar-refractivity contribution is 14.1. The lowest BCUT2D eigenvalue weighted by Gasteiger charge is -2.57. The Kier molecular flexibility index (Phi) is 5.55. The van der Waals surface area contributed by atoms with Crippen molar-refractivity contribution in [1.82, 2.24) is 4.90 Å². The van der Waals surface area contributed by atoms with Crippen molar-refractivity contribution in [3.05, 3.63) is 27.8 Å². The molecule has 6 fully saturated rings. The molecule has 0 aromatic heterocycles. The number of halogens is 1. The molecule has 7 rings (SSSR count). The smallest absolute Gasteiger partial charge is 0.257 e. The van der Waals surface area contributed by atoms with Crippen LogP contribution in [0.4, 0.5) is 5.69 Å². The predicted molar refractivity (Wildman–Crippen MR) is 131 cm³/mol. The molecule has 6 nitrogen and oxygen atoms in total. The molecule has 3 amide bonds. The molecule has 4 aliphatic carbocycles. The third-order valence-electron chi connectivity index (χ3n) is 8.76. The normalized spacial score (nSPS) is 37.2. The van der Waals surface area contributed by atoms with Gasteiger partial charge >= 0.3 is 0 Å². The van der Waals surface area contributed by atoms with Gasteiger partial charge in [-0.15, -0.1) is 0 Å². The highest BCUT2D eigenvalue weighted by Crippen LogP contribution is 2.60. The molecule has 0 spiro atoms. The van der Waals surface area contributed by atoms with Crippen LogP contribution in [0.25, 0.3) is 0 Å². The van der Waals surface area contributed by atoms with Gasteiger partial charge in [-0.25, -0.2) is 4.90 Å². The number of nitrogens with zero attached hydrogens (tertiary/aromatic N) is 2. The number of ether oxygens (including phenoxy) is 1. The average molecular weight is 562 g/mol. The maximum Gasteiger partial charge on any atom is 0.257 e. The van der Waals surface area contributed by atoms with Gasteiger partial charge < -0.3 is 9.64 Å². The zero-order chi connectivity index (χ0) is 22.7. The number of hydrogen-bond donors (Lipinski definition) is 0. The van der Waals surface area contributed by atoms with E-state index in [1.54, 1.807) is 4.90 Å². The maximum atomic E-state index is 14.3. The minimum Gasteiger partial charge on any atom is -0.376 e. The van der Waals surface area contributed by atoms with Crippen molar-refractivity contribution in [1.29, 1.82) is 0 Å². The van der Waals surface area contributed by atoms with Gasteiger partial charge in [-0.1, -0.05) is 0 Å². The first-order valence-electron chi connectivity index (χ1n) is 12.5. The van der Waals surface area contributed by atoms with Crippen molar-refractivity contribution in [2.75, 3.05) is 18.1 Å². The van der Waals surface area contributed by atoms with Gasteiger partial charge in [-0.05, 0) is 116 Å². The second kappa shape index (κ2) is 8.33. The van der Waals surface area contributed by atoms with Crippen LogP contribution in [0.1, 0.15) is 57.8 Å². The van der Waals surface area contributed by atoms with Crippen LogP contribution >= 0.6 is 22.6 Å². The molecule has 4 bridgehead atoms.